The lowest BCUT2D eigenvalue weighted by Gasteiger charge is -2.24. The molecule has 0 amide bonds. The van der Waals surface area contributed by atoms with Crippen molar-refractivity contribution in [3.63, 3.8) is 0 Å². The zero-order chi connectivity index (χ0) is 12.9. The van der Waals surface area contributed by atoms with E-state index in [4.69, 9.17) is 0 Å². The molecule has 0 saturated carbocycles. The molecule has 1 aliphatic heterocycles. The summed E-state index contributed by atoms with van der Waals surface area (Å²) in [7, 11) is 0. The lowest BCUT2D eigenvalue weighted by atomic mass is 10.2. The summed E-state index contributed by atoms with van der Waals surface area (Å²) in [4.78, 5) is 6.76. The highest BCUT2D eigenvalue weighted by molar-refractivity contribution is 5.96. The summed E-state index contributed by atoms with van der Waals surface area (Å²) in [5, 5.41) is 3.35. The standard InChI is InChI=1S/C16H17N3/c1-3-7-14(8-4-1)13-19(16-17-11-12-18-16)15-9-5-2-6-10-15/h1-10H,11-13H2,(H,17,18). The van der Waals surface area contributed by atoms with E-state index in [1.54, 1.807) is 0 Å². The van der Waals surface area contributed by atoms with Gasteiger partial charge in [0.1, 0.15) is 0 Å². The van der Waals surface area contributed by atoms with Crippen LogP contribution in [-0.4, -0.2) is 19.0 Å². The molecule has 0 bridgehead atoms. The molecule has 0 spiro atoms. The molecule has 2 aromatic rings. The van der Waals surface area contributed by atoms with Crippen LogP contribution in [0.15, 0.2) is 65.7 Å². The van der Waals surface area contributed by atoms with Gasteiger partial charge in [-0.2, -0.15) is 0 Å². The van der Waals surface area contributed by atoms with Gasteiger partial charge in [0, 0.05) is 12.2 Å². The van der Waals surface area contributed by atoms with E-state index in [1.165, 1.54) is 11.3 Å². The normalized spacial score (nSPS) is 13.8. The van der Waals surface area contributed by atoms with Gasteiger partial charge in [-0.1, -0.05) is 48.5 Å². The zero-order valence-corrected chi connectivity index (χ0v) is 10.8. The van der Waals surface area contributed by atoms with Crippen LogP contribution in [0.3, 0.4) is 0 Å². The number of aliphatic imine (C=N–C) groups is 1. The van der Waals surface area contributed by atoms with Crippen molar-refractivity contribution in [1.29, 1.82) is 0 Å². The van der Waals surface area contributed by atoms with Gasteiger partial charge in [0.05, 0.1) is 13.1 Å². The molecule has 1 heterocycles. The summed E-state index contributed by atoms with van der Waals surface area (Å²) in [6, 6.07) is 20.9. The smallest absolute Gasteiger partial charge is 0.198 e. The number of hydrogen-bond acceptors (Lipinski definition) is 3. The molecular weight excluding hydrogens is 234 g/mol. The maximum atomic E-state index is 4.54. The van der Waals surface area contributed by atoms with E-state index in [0.29, 0.717) is 0 Å². The molecule has 0 aromatic heterocycles. The molecule has 1 N–H and O–H groups in total. The Morgan fingerprint density at radius 3 is 2.26 bits per heavy atom. The third-order valence-electron chi connectivity index (χ3n) is 3.16. The molecule has 3 rings (SSSR count). The predicted octanol–water partition coefficient (Wildman–Crippen LogP) is 2.65. The van der Waals surface area contributed by atoms with E-state index in [0.717, 1.165) is 25.6 Å². The molecule has 1 aliphatic rings. The Labute approximate surface area is 113 Å². The topological polar surface area (TPSA) is 27.6 Å². The molecule has 0 atom stereocenters. The van der Waals surface area contributed by atoms with Gasteiger partial charge in [-0.3, -0.25) is 4.99 Å². The van der Waals surface area contributed by atoms with Crippen molar-refractivity contribution in [2.45, 2.75) is 6.54 Å². The second-order valence-electron chi connectivity index (χ2n) is 4.54. The van der Waals surface area contributed by atoms with Crippen LogP contribution in [0.4, 0.5) is 5.69 Å². The lowest BCUT2D eigenvalue weighted by Crippen LogP contribution is -2.38. The van der Waals surface area contributed by atoms with Gasteiger partial charge in [-0.05, 0) is 17.7 Å². The highest BCUT2D eigenvalue weighted by Gasteiger charge is 2.16. The lowest BCUT2D eigenvalue weighted by molar-refractivity contribution is 0.924. The minimum absolute atomic E-state index is 0.830. The van der Waals surface area contributed by atoms with Crippen molar-refractivity contribution in [1.82, 2.24) is 5.32 Å². The Hall–Kier alpha value is -2.29. The van der Waals surface area contributed by atoms with Crippen molar-refractivity contribution in [3.05, 3.63) is 66.2 Å². The Morgan fingerprint density at radius 1 is 0.947 bits per heavy atom. The first-order chi connectivity index (χ1) is 9.43. The van der Waals surface area contributed by atoms with Gasteiger partial charge in [0.2, 0.25) is 0 Å². The van der Waals surface area contributed by atoms with Gasteiger partial charge in [-0.15, -0.1) is 0 Å². The fraction of sp³-hybridized carbons (Fsp3) is 0.188. The van der Waals surface area contributed by atoms with E-state index in [9.17, 15) is 0 Å². The third kappa shape index (κ3) is 2.76. The van der Waals surface area contributed by atoms with Gasteiger partial charge >= 0.3 is 0 Å². The van der Waals surface area contributed by atoms with Crippen LogP contribution in [0.1, 0.15) is 5.56 Å². The molecule has 19 heavy (non-hydrogen) atoms. The molecule has 96 valence electrons. The molecule has 0 radical (unpaired) electrons. The first-order valence-electron chi connectivity index (χ1n) is 6.58. The number of benzene rings is 2. The van der Waals surface area contributed by atoms with Crippen LogP contribution in [0, 0.1) is 0 Å². The van der Waals surface area contributed by atoms with Crippen LogP contribution in [-0.2, 0) is 6.54 Å². The number of hydrogen-bond donors (Lipinski definition) is 1. The van der Waals surface area contributed by atoms with Crippen LogP contribution >= 0.6 is 0 Å². The number of para-hydroxylation sites is 1. The number of nitrogens with zero attached hydrogens (tertiary/aromatic N) is 2. The van der Waals surface area contributed by atoms with Crippen molar-refractivity contribution in [2.75, 3.05) is 18.0 Å². The molecule has 0 unspecified atom stereocenters. The zero-order valence-electron chi connectivity index (χ0n) is 10.8. The Bertz CT molecular complexity index is 549. The minimum atomic E-state index is 0.830. The second-order valence-corrected chi connectivity index (χ2v) is 4.54. The maximum Gasteiger partial charge on any atom is 0.198 e. The molecule has 3 heteroatoms. The van der Waals surface area contributed by atoms with Crippen LogP contribution < -0.4 is 10.2 Å². The van der Waals surface area contributed by atoms with Gasteiger partial charge in [-0.25, -0.2) is 0 Å². The van der Waals surface area contributed by atoms with E-state index < -0.39 is 0 Å². The largest absolute Gasteiger partial charge is 0.354 e. The highest BCUT2D eigenvalue weighted by Crippen LogP contribution is 2.17. The van der Waals surface area contributed by atoms with E-state index >= 15 is 0 Å². The summed E-state index contributed by atoms with van der Waals surface area (Å²) < 4.78 is 0. The van der Waals surface area contributed by atoms with E-state index in [-0.39, 0.29) is 0 Å². The summed E-state index contributed by atoms with van der Waals surface area (Å²) in [5.74, 6) is 0.968. The molecule has 2 aromatic carbocycles. The predicted molar refractivity (Wildman–Crippen MR) is 79.4 cm³/mol. The average Bonchev–Trinajstić information content (AvgIpc) is 3.01. The summed E-state index contributed by atoms with van der Waals surface area (Å²) >= 11 is 0. The van der Waals surface area contributed by atoms with Crippen LogP contribution in [0.25, 0.3) is 0 Å². The summed E-state index contributed by atoms with van der Waals surface area (Å²) in [6.07, 6.45) is 0. The summed E-state index contributed by atoms with van der Waals surface area (Å²) in [5.41, 5.74) is 2.45. The second kappa shape index (κ2) is 5.57. The van der Waals surface area contributed by atoms with Gasteiger partial charge in [0.15, 0.2) is 5.96 Å². The van der Waals surface area contributed by atoms with Gasteiger partial charge in [0.25, 0.3) is 0 Å². The van der Waals surface area contributed by atoms with Crippen LogP contribution in [0.5, 0.6) is 0 Å². The van der Waals surface area contributed by atoms with Crippen LogP contribution in [0.2, 0.25) is 0 Å². The molecule has 0 aliphatic carbocycles. The summed E-state index contributed by atoms with van der Waals surface area (Å²) in [6.45, 7) is 2.61. The Balaban J connectivity index is 1.89. The van der Waals surface area contributed by atoms with Crippen molar-refractivity contribution >= 4 is 11.6 Å². The maximum absolute atomic E-state index is 4.54. The number of anilines is 1. The van der Waals surface area contributed by atoms with E-state index in [2.05, 4.69) is 63.7 Å². The van der Waals surface area contributed by atoms with E-state index in [1.807, 2.05) is 12.1 Å². The minimum Gasteiger partial charge on any atom is -0.354 e. The molecular formula is C16H17N3. The van der Waals surface area contributed by atoms with Crippen molar-refractivity contribution < 1.29 is 0 Å². The van der Waals surface area contributed by atoms with Gasteiger partial charge < -0.3 is 10.2 Å². The molecule has 0 saturated heterocycles. The Kier molecular flexibility index (Phi) is 3.45. The highest BCUT2D eigenvalue weighted by atomic mass is 15.3. The molecule has 3 nitrogen and oxygen atoms in total. The number of rotatable bonds is 3. The molecule has 0 fully saturated rings. The van der Waals surface area contributed by atoms with Crippen molar-refractivity contribution in [3.8, 4) is 0 Å². The van der Waals surface area contributed by atoms with Crippen molar-refractivity contribution in [2.24, 2.45) is 4.99 Å². The Morgan fingerprint density at radius 2 is 1.63 bits per heavy atom. The number of guanidine groups is 1. The number of nitrogens with one attached hydrogen (secondary N) is 1. The first-order valence-corrected chi connectivity index (χ1v) is 6.58. The third-order valence-corrected chi connectivity index (χ3v) is 3.16. The fourth-order valence-corrected chi connectivity index (χ4v) is 2.23. The fourth-order valence-electron chi connectivity index (χ4n) is 2.23. The SMILES string of the molecule is c1ccc(CN(C2=NCCN2)c2ccccc2)cc1. The first kappa shape index (κ1) is 11.8. The monoisotopic (exact) mass is 251 g/mol. The quantitative estimate of drug-likeness (QED) is 0.908. The average molecular weight is 251 g/mol.